The van der Waals surface area contributed by atoms with E-state index in [1.54, 1.807) is 24.3 Å². The third kappa shape index (κ3) is 4.19. The highest BCUT2D eigenvalue weighted by atomic mass is 32.2. The van der Waals surface area contributed by atoms with Gasteiger partial charge in [-0.3, -0.25) is 0 Å². The van der Waals surface area contributed by atoms with Gasteiger partial charge in [-0.1, -0.05) is 26.0 Å². The van der Waals surface area contributed by atoms with Crippen LogP contribution in [0, 0.1) is 5.92 Å². The number of hydrogen-bond donors (Lipinski definition) is 2. The van der Waals surface area contributed by atoms with Crippen molar-refractivity contribution in [3.05, 3.63) is 24.3 Å². The molecule has 1 unspecified atom stereocenters. The van der Waals surface area contributed by atoms with Gasteiger partial charge in [0.05, 0.1) is 12.3 Å². The van der Waals surface area contributed by atoms with E-state index in [-0.39, 0.29) is 17.5 Å². The second-order valence-electron chi connectivity index (χ2n) is 5.44. The van der Waals surface area contributed by atoms with Crippen molar-refractivity contribution < 1.29 is 13.5 Å². The molecule has 5 nitrogen and oxygen atoms in total. The minimum atomic E-state index is -3.50. The van der Waals surface area contributed by atoms with E-state index < -0.39 is 10.0 Å². The van der Waals surface area contributed by atoms with Crippen molar-refractivity contribution in [3.8, 4) is 0 Å². The minimum Gasteiger partial charge on any atom is -0.394 e. The number of rotatable bonds is 7. The molecule has 0 aliphatic carbocycles. The van der Waals surface area contributed by atoms with Crippen LogP contribution in [0.4, 0.5) is 5.69 Å². The summed E-state index contributed by atoms with van der Waals surface area (Å²) < 4.78 is 25.7. The van der Waals surface area contributed by atoms with E-state index in [0.29, 0.717) is 11.6 Å². The average Bonchev–Trinajstić information content (AvgIpc) is 2.37. The maximum absolute atomic E-state index is 12.3. The van der Waals surface area contributed by atoms with Gasteiger partial charge < -0.3 is 10.4 Å². The first-order chi connectivity index (χ1) is 9.28. The molecule has 6 heteroatoms. The first-order valence-electron chi connectivity index (χ1n) is 6.68. The van der Waals surface area contributed by atoms with Crippen molar-refractivity contribution in [2.75, 3.05) is 26.0 Å². The van der Waals surface area contributed by atoms with Crippen molar-refractivity contribution in [2.24, 2.45) is 5.92 Å². The molecule has 0 aliphatic heterocycles. The number of nitrogens with zero attached hydrogens (tertiary/aromatic N) is 1. The molecule has 0 fully saturated rings. The summed E-state index contributed by atoms with van der Waals surface area (Å²) >= 11 is 0. The molecular weight excluding hydrogens is 276 g/mol. The Morgan fingerprint density at radius 3 is 2.35 bits per heavy atom. The molecule has 20 heavy (non-hydrogen) atoms. The fraction of sp³-hybridized carbons (Fsp3) is 0.571. The summed E-state index contributed by atoms with van der Waals surface area (Å²) in [7, 11) is -0.493. The molecule has 0 radical (unpaired) electrons. The number of benzene rings is 1. The van der Waals surface area contributed by atoms with Gasteiger partial charge >= 0.3 is 0 Å². The normalized spacial score (nSPS) is 13.8. The summed E-state index contributed by atoms with van der Waals surface area (Å²) in [6.07, 6.45) is 0.771. The van der Waals surface area contributed by atoms with Gasteiger partial charge in [-0.05, 0) is 24.5 Å². The molecule has 1 aromatic carbocycles. The maximum atomic E-state index is 12.3. The Morgan fingerprint density at radius 1 is 1.25 bits per heavy atom. The van der Waals surface area contributed by atoms with Gasteiger partial charge in [0.2, 0.25) is 10.0 Å². The van der Waals surface area contributed by atoms with Crippen molar-refractivity contribution >= 4 is 15.7 Å². The Kier molecular flexibility index (Phi) is 5.98. The summed E-state index contributed by atoms with van der Waals surface area (Å²) in [6.45, 7) is 4.09. The van der Waals surface area contributed by atoms with Gasteiger partial charge in [0.1, 0.15) is 4.90 Å². The van der Waals surface area contributed by atoms with Crippen LogP contribution in [-0.4, -0.2) is 44.6 Å². The second-order valence-corrected chi connectivity index (χ2v) is 7.56. The zero-order chi connectivity index (χ0) is 15.3. The third-order valence-electron chi connectivity index (χ3n) is 2.98. The lowest BCUT2D eigenvalue weighted by Gasteiger charge is -2.22. The van der Waals surface area contributed by atoms with Crippen LogP contribution in [0.2, 0.25) is 0 Å². The third-order valence-corrected chi connectivity index (χ3v) is 4.85. The topological polar surface area (TPSA) is 69.6 Å². The van der Waals surface area contributed by atoms with Crippen LogP contribution in [0.3, 0.4) is 0 Å². The second kappa shape index (κ2) is 7.06. The number of anilines is 1. The van der Waals surface area contributed by atoms with Crippen LogP contribution in [0.5, 0.6) is 0 Å². The van der Waals surface area contributed by atoms with Gasteiger partial charge in [-0.15, -0.1) is 0 Å². The summed E-state index contributed by atoms with van der Waals surface area (Å²) in [5.41, 5.74) is 0.529. The van der Waals surface area contributed by atoms with Crippen molar-refractivity contribution in [2.45, 2.75) is 31.2 Å². The van der Waals surface area contributed by atoms with Gasteiger partial charge in [0.15, 0.2) is 0 Å². The number of para-hydroxylation sites is 1. The van der Waals surface area contributed by atoms with Crippen molar-refractivity contribution in [1.82, 2.24) is 4.31 Å². The van der Waals surface area contributed by atoms with E-state index in [0.717, 1.165) is 6.42 Å². The minimum absolute atomic E-state index is 0.0332. The van der Waals surface area contributed by atoms with Gasteiger partial charge in [0.25, 0.3) is 0 Å². The fourth-order valence-corrected chi connectivity index (χ4v) is 3.02. The predicted octanol–water partition coefficient (Wildman–Crippen LogP) is 1.76. The molecule has 1 rings (SSSR count). The van der Waals surface area contributed by atoms with Crippen LogP contribution < -0.4 is 5.32 Å². The molecule has 0 saturated heterocycles. The number of hydrogen-bond acceptors (Lipinski definition) is 4. The Balaban J connectivity index is 3.08. The Morgan fingerprint density at radius 2 is 1.85 bits per heavy atom. The molecule has 0 heterocycles. The highest BCUT2D eigenvalue weighted by Gasteiger charge is 2.22. The lowest BCUT2D eigenvalue weighted by Crippen LogP contribution is -2.28. The molecule has 0 spiro atoms. The Labute approximate surface area is 121 Å². The maximum Gasteiger partial charge on any atom is 0.244 e. The lowest BCUT2D eigenvalue weighted by molar-refractivity contribution is 0.259. The molecule has 0 bridgehead atoms. The first kappa shape index (κ1) is 16.9. The highest BCUT2D eigenvalue weighted by molar-refractivity contribution is 7.89. The highest BCUT2D eigenvalue weighted by Crippen LogP contribution is 2.24. The lowest BCUT2D eigenvalue weighted by atomic mass is 10.0. The van der Waals surface area contributed by atoms with Gasteiger partial charge in [-0.25, -0.2) is 12.7 Å². The van der Waals surface area contributed by atoms with Crippen molar-refractivity contribution in [1.29, 1.82) is 0 Å². The van der Waals surface area contributed by atoms with E-state index in [9.17, 15) is 13.5 Å². The average molecular weight is 300 g/mol. The van der Waals surface area contributed by atoms with Crippen LogP contribution in [0.25, 0.3) is 0 Å². The van der Waals surface area contributed by atoms with Crippen LogP contribution in [0.15, 0.2) is 29.2 Å². The molecular formula is C14H24N2O3S. The Bertz CT molecular complexity index is 527. The molecule has 0 saturated carbocycles. The molecule has 1 atom stereocenters. The van der Waals surface area contributed by atoms with E-state index >= 15 is 0 Å². The Hall–Kier alpha value is -1.11. The smallest absolute Gasteiger partial charge is 0.244 e. The van der Waals surface area contributed by atoms with Crippen molar-refractivity contribution in [3.63, 3.8) is 0 Å². The quantitative estimate of drug-likeness (QED) is 0.805. The van der Waals surface area contributed by atoms with E-state index in [4.69, 9.17) is 0 Å². The van der Waals surface area contributed by atoms with Crippen LogP contribution in [0.1, 0.15) is 20.3 Å². The van der Waals surface area contributed by atoms with Crippen LogP contribution >= 0.6 is 0 Å². The molecule has 0 aromatic heterocycles. The van der Waals surface area contributed by atoms with Crippen LogP contribution in [-0.2, 0) is 10.0 Å². The number of nitrogens with one attached hydrogen (secondary N) is 1. The standard InChI is InChI=1S/C14H24N2O3S/c1-11(2)9-12(10-17)15-13-7-5-6-8-14(13)20(18,19)16(3)4/h5-8,11-12,15,17H,9-10H2,1-4H3. The first-order valence-corrected chi connectivity index (χ1v) is 8.12. The van der Waals surface area contributed by atoms with E-state index in [2.05, 4.69) is 19.2 Å². The number of sulfonamides is 1. The molecule has 114 valence electrons. The monoisotopic (exact) mass is 300 g/mol. The predicted molar refractivity (Wildman–Crippen MR) is 81.3 cm³/mol. The summed E-state index contributed by atoms with van der Waals surface area (Å²) in [5, 5.41) is 12.6. The zero-order valence-corrected chi connectivity index (χ0v) is 13.3. The fourth-order valence-electron chi connectivity index (χ4n) is 1.98. The number of aliphatic hydroxyl groups is 1. The molecule has 0 aliphatic rings. The molecule has 1 aromatic rings. The van der Waals surface area contributed by atoms with Gasteiger partial charge in [-0.2, -0.15) is 0 Å². The largest absolute Gasteiger partial charge is 0.394 e. The number of aliphatic hydroxyl groups excluding tert-OH is 1. The van der Waals surface area contributed by atoms with E-state index in [1.165, 1.54) is 18.4 Å². The SMILES string of the molecule is CC(C)CC(CO)Nc1ccccc1S(=O)(=O)N(C)C. The summed E-state index contributed by atoms with van der Waals surface area (Å²) in [4.78, 5) is 0.229. The van der Waals surface area contributed by atoms with Gasteiger partial charge in [0, 0.05) is 20.1 Å². The van der Waals surface area contributed by atoms with E-state index in [1.807, 2.05) is 0 Å². The molecule has 0 amide bonds. The summed E-state index contributed by atoms with van der Waals surface area (Å²) in [5.74, 6) is 0.414. The zero-order valence-electron chi connectivity index (χ0n) is 12.5. The summed E-state index contributed by atoms with van der Waals surface area (Å²) in [6, 6.07) is 6.60. The molecule has 2 N–H and O–H groups in total.